The van der Waals surface area contributed by atoms with Crippen molar-refractivity contribution in [1.82, 2.24) is 14.8 Å². The molecule has 2 aromatic rings. The van der Waals surface area contributed by atoms with E-state index in [9.17, 15) is 4.79 Å². The summed E-state index contributed by atoms with van der Waals surface area (Å²) in [5.74, 6) is 0.597. The Morgan fingerprint density at radius 1 is 1.50 bits per heavy atom. The summed E-state index contributed by atoms with van der Waals surface area (Å²) in [5, 5.41) is 16.3. The molecule has 1 aliphatic rings. The number of nitrogens with zero attached hydrogens (tertiary/aromatic N) is 3. The Balaban J connectivity index is 1.73. The normalized spacial score (nSPS) is 17.5. The van der Waals surface area contributed by atoms with Gasteiger partial charge in [0.1, 0.15) is 0 Å². The highest BCUT2D eigenvalue weighted by atomic mass is 32.2. The fourth-order valence-electron chi connectivity index (χ4n) is 2.46. The van der Waals surface area contributed by atoms with Crippen molar-refractivity contribution in [1.29, 1.82) is 5.26 Å². The molecule has 7 heteroatoms. The number of nitriles is 1. The van der Waals surface area contributed by atoms with Gasteiger partial charge in [-0.05, 0) is 24.5 Å². The molecule has 1 N–H and O–H groups in total. The van der Waals surface area contributed by atoms with E-state index in [2.05, 4.69) is 16.3 Å². The van der Waals surface area contributed by atoms with Crippen molar-refractivity contribution < 1.29 is 4.74 Å². The van der Waals surface area contributed by atoms with Crippen LogP contribution in [0.3, 0.4) is 0 Å². The number of nitrogens with one attached hydrogen (secondary N) is 1. The maximum Gasteiger partial charge on any atom is 0.344 e. The van der Waals surface area contributed by atoms with Crippen molar-refractivity contribution in [3.63, 3.8) is 0 Å². The number of H-pyrrole nitrogens is 1. The first-order valence-corrected chi connectivity index (χ1v) is 8.14. The number of benzene rings is 1. The molecule has 0 spiro atoms. The molecule has 1 fully saturated rings. The van der Waals surface area contributed by atoms with Gasteiger partial charge in [-0.3, -0.25) is 4.57 Å². The summed E-state index contributed by atoms with van der Waals surface area (Å²) in [6, 6.07) is 9.63. The van der Waals surface area contributed by atoms with Crippen LogP contribution < -0.4 is 5.69 Å². The lowest BCUT2D eigenvalue weighted by atomic mass is 10.1. The molecule has 1 aromatic carbocycles. The Morgan fingerprint density at radius 3 is 3.14 bits per heavy atom. The second-order valence-corrected chi connectivity index (χ2v) is 6.06. The van der Waals surface area contributed by atoms with Gasteiger partial charge in [-0.2, -0.15) is 5.26 Å². The number of ether oxygens (including phenoxy) is 1. The topological polar surface area (TPSA) is 83.7 Å². The van der Waals surface area contributed by atoms with E-state index >= 15 is 0 Å². The molecule has 0 aliphatic carbocycles. The van der Waals surface area contributed by atoms with Crippen LogP contribution in [0.4, 0.5) is 0 Å². The Labute approximate surface area is 132 Å². The molecule has 0 saturated carbocycles. The lowest BCUT2D eigenvalue weighted by molar-refractivity contribution is 0.0941. The third-order valence-corrected chi connectivity index (χ3v) is 4.65. The summed E-state index contributed by atoms with van der Waals surface area (Å²) < 4.78 is 7.20. The highest BCUT2D eigenvalue weighted by Gasteiger charge is 2.19. The Hall–Kier alpha value is -2.04. The van der Waals surface area contributed by atoms with Crippen molar-refractivity contribution in [2.45, 2.75) is 36.4 Å². The molecule has 2 heterocycles. The van der Waals surface area contributed by atoms with Crippen LogP contribution in [0.25, 0.3) is 0 Å². The van der Waals surface area contributed by atoms with Crippen molar-refractivity contribution in [2.24, 2.45) is 0 Å². The molecule has 0 bridgehead atoms. The molecule has 1 atom stereocenters. The summed E-state index contributed by atoms with van der Waals surface area (Å²) in [6.07, 6.45) is 2.09. The van der Waals surface area contributed by atoms with Crippen LogP contribution in [0.5, 0.6) is 0 Å². The molecule has 3 rings (SSSR count). The smallest absolute Gasteiger partial charge is 0.344 e. The monoisotopic (exact) mass is 316 g/mol. The van der Waals surface area contributed by atoms with E-state index in [1.54, 1.807) is 10.6 Å². The van der Waals surface area contributed by atoms with Gasteiger partial charge in [0.15, 0.2) is 5.16 Å². The number of hydrogen-bond donors (Lipinski definition) is 1. The predicted octanol–water partition coefficient (Wildman–Crippen LogP) is 1.91. The number of aromatic amines is 1. The molecular weight excluding hydrogens is 300 g/mol. The van der Waals surface area contributed by atoms with E-state index < -0.39 is 0 Å². The SMILES string of the molecule is N#Cc1ccccc1CSc1n[nH]c(=O)n1C[C@@H]1CCCO1. The number of thioether (sulfide) groups is 1. The van der Waals surface area contributed by atoms with Gasteiger partial charge >= 0.3 is 5.69 Å². The average molecular weight is 316 g/mol. The third kappa shape index (κ3) is 3.24. The molecule has 1 aliphatic heterocycles. The molecule has 0 amide bonds. The van der Waals surface area contributed by atoms with E-state index in [1.807, 2.05) is 18.2 Å². The number of hydrogen-bond acceptors (Lipinski definition) is 5. The largest absolute Gasteiger partial charge is 0.376 e. The van der Waals surface area contributed by atoms with Gasteiger partial charge in [-0.1, -0.05) is 30.0 Å². The van der Waals surface area contributed by atoms with Crippen molar-refractivity contribution in [3.8, 4) is 6.07 Å². The minimum absolute atomic E-state index is 0.0843. The second kappa shape index (κ2) is 6.81. The molecular formula is C15H16N4O2S. The van der Waals surface area contributed by atoms with Crippen LogP contribution in [-0.2, 0) is 17.0 Å². The van der Waals surface area contributed by atoms with E-state index in [-0.39, 0.29) is 11.8 Å². The summed E-state index contributed by atoms with van der Waals surface area (Å²) in [4.78, 5) is 11.9. The minimum Gasteiger partial charge on any atom is -0.376 e. The summed E-state index contributed by atoms with van der Waals surface area (Å²) in [7, 11) is 0. The lowest BCUT2D eigenvalue weighted by Gasteiger charge is -2.11. The van der Waals surface area contributed by atoms with Gasteiger partial charge in [0.2, 0.25) is 0 Å². The van der Waals surface area contributed by atoms with Crippen LogP contribution in [0.15, 0.2) is 34.2 Å². The first-order valence-electron chi connectivity index (χ1n) is 7.15. The summed E-state index contributed by atoms with van der Waals surface area (Å²) in [5.41, 5.74) is 1.37. The quantitative estimate of drug-likeness (QED) is 0.852. The van der Waals surface area contributed by atoms with Gasteiger partial charge in [-0.15, -0.1) is 5.10 Å². The van der Waals surface area contributed by atoms with Crippen LogP contribution >= 0.6 is 11.8 Å². The standard InChI is InChI=1S/C15H16N4O2S/c16-8-11-4-1-2-5-12(11)10-22-15-18-17-14(20)19(15)9-13-6-3-7-21-13/h1-2,4-5,13H,3,6-7,9-10H2,(H,17,20)/t13-/m0/s1. The average Bonchev–Trinajstić information content (AvgIpc) is 3.17. The highest BCUT2D eigenvalue weighted by molar-refractivity contribution is 7.98. The first-order chi connectivity index (χ1) is 10.8. The maximum atomic E-state index is 11.9. The lowest BCUT2D eigenvalue weighted by Crippen LogP contribution is -2.24. The highest BCUT2D eigenvalue weighted by Crippen LogP contribution is 2.23. The molecule has 1 saturated heterocycles. The fraction of sp³-hybridized carbons (Fsp3) is 0.400. The van der Waals surface area contributed by atoms with E-state index in [0.717, 1.165) is 25.0 Å². The minimum atomic E-state index is -0.216. The van der Waals surface area contributed by atoms with Crippen molar-refractivity contribution >= 4 is 11.8 Å². The molecule has 1 aromatic heterocycles. The van der Waals surface area contributed by atoms with E-state index in [1.165, 1.54) is 11.8 Å². The second-order valence-electron chi connectivity index (χ2n) is 5.11. The van der Waals surface area contributed by atoms with Crippen molar-refractivity contribution in [3.05, 3.63) is 45.9 Å². The Morgan fingerprint density at radius 2 is 2.36 bits per heavy atom. The van der Waals surface area contributed by atoms with Gasteiger partial charge in [0.05, 0.1) is 24.3 Å². The van der Waals surface area contributed by atoms with Crippen LogP contribution in [-0.4, -0.2) is 27.5 Å². The van der Waals surface area contributed by atoms with Crippen LogP contribution in [0, 0.1) is 11.3 Å². The number of rotatable bonds is 5. The summed E-state index contributed by atoms with van der Waals surface area (Å²) >= 11 is 1.45. The van der Waals surface area contributed by atoms with Gasteiger partial charge < -0.3 is 4.74 Å². The molecule has 22 heavy (non-hydrogen) atoms. The van der Waals surface area contributed by atoms with E-state index in [4.69, 9.17) is 10.00 Å². The molecule has 114 valence electrons. The maximum absolute atomic E-state index is 11.9. The number of aromatic nitrogens is 3. The van der Waals surface area contributed by atoms with Gasteiger partial charge in [0.25, 0.3) is 0 Å². The van der Waals surface area contributed by atoms with Crippen LogP contribution in [0.1, 0.15) is 24.0 Å². The third-order valence-electron chi connectivity index (χ3n) is 3.63. The Kier molecular flexibility index (Phi) is 4.61. The molecule has 0 unspecified atom stereocenters. The summed E-state index contributed by atoms with van der Waals surface area (Å²) in [6.45, 7) is 1.28. The zero-order valence-electron chi connectivity index (χ0n) is 12.0. The van der Waals surface area contributed by atoms with E-state index in [0.29, 0.717) is 23.0 Å². The van der Waals surface area contributed by atoms with Crippen molar-refractivity contribution in [2.75, 3.05) is 6.61 Å². The fourth-order valence-corrected chi connectivity index (χ4v) is 3.42. The zero-order chi connectivity index (χ0) is 15.4. The molecule has 6 nitrogen and oxygen atoms in total. The van der Waals surface area contributed by atoms with Gasteiger partial charge in [0, 0.05) is 12.4 Å². The Bertz CT molecular complexity index is 740. The first kappa shape index (κ1) is 14.9. The zero-order valence-corrected chi connectivity index (χ0v) is 12.8. The van der Waals surface area contributed by atoms with Crippen LogP contribution in [0.2, 0.25) is 0 Å². The molecule has 0 radical (unpaired) electrons. The van der Waals surface area contributed by atoms with Gasteiger partial charge in [-0.25, -0.2) is 9.89 Å². The predicted molar refractivity (Wildman–Crippen MR) is 82.5 cm³/mol.